The number of amides is 2. The van der Waals surface area contributed by atoms with Gasteiger partial charge in [0.1, 0.15) is 5.82 Å². The van der Waals surface area contributed by atoms with Crippen molar-refractivity contribution in [3.63, 3.8) is 0 Å². The second-order valence-corrected chi connectivity index (χ2v) is 5.19. The van der Waals surface area contributed by atoms with Crippen LogP contribution >= 0.6 is 11.6 Å². The smallest absolute Gasteiger partial charge is 0.319 e. The second kappa shape index (κ2) is 7.24. The molecule has 0 radical (unpaired) electrons. The fraction of sp³-hybridized carbons (Fsp3) is 0.188. The predicted molar refractivity (Wildman–Crippen MR) is 84.6 cm³/mol. The van der Waals surface area contributed by atoms with Crippen molar-refractivity contribution in [1.82, 2.24) is 5.32 Å². The highest BCUT2D eigenvalue weighted by Crippen LogP contribution is 2.22. The van der Waals surface area contributed by atoms with Gasteiger partial charge >= 0.3 is 6.03 Å². The summed E-state index contributed by atoms with van der Waals surface area (Å²) in [5.41, 5.74) is 1.26. The Morgan fingerprint density at radius 2 is 2.00 bits per heavy atom. The number of aliphatic hydroxyl groups is 1. The standard InChI is InChI=1S/C16H16ClFN2O2/c1-10-13(18)7-4-8-14(10)20-16(22)19-9-15(21)11-5-2-3-6-12(11)17/h2-8,15,21H,9H2,1H3,(H2,19,20,22). The lowest BCUT2D eigenvalue weighted by atomic mass is 10.1. The molecule has 0 saturated carbocycles. The molecule has 2 aromatic rings. The minimum Gasteiger partial charge on any atom is -0.387 e. The lowest BCUT2D eigenvalue weighted by molar-refractivity contribution is 0.175. The SMILES string of the molecule is Cc1c(F)cccc1NC(=O)NCC(O)c1ccccc1Cl. The van der Waals surface area contributed by atoms with E-state index in [1.165, 1.54) is 12.1 Å². The summed E-state index contributed by atoms with van der Waals surface area (Å²) in [6.45, 7) is 1.56. The number of anilines is 1. The van der Waals surface area contributed by atoms with Crippen LogP contribution in [0.15, 0.2) is 42.5 Å². The maximum atomic E-state index is 13.4. The van der Waals surface area contributed by atoms with E-state index in [0.717, 1.165) is 0 Å². The number of benzene rings is 2. The topological polar surface area (TPSA) is 61.4 Å². The van der Waals surface area contributed by atoms with Gasteiger partial charge in [0.15, 0.2) is 0 Å². The van der Waals surface area contributed by atoms with Crippen molar-refractivity contribution in [3.05, 3.63) is 64.4 Å². The minimum absolute atomic E-state index is 0.00999. The van der Waals surface area contributed by atoms with Crippen LogP contribution in [0.3, 0.4) is 0 Å². The molecule has 3 N–H and O–H groups in total. The van der Waals surface area contributed by atoms with Gasteiger partial charge in [-0.3, -0.25) is 0 Å². The molecular formula is C16H16ClFN2O2. The summed E-state index contributed by atoms with van der Waals surface area (Å²) in [6, 6.07) is 10.8. The summed E-state index contributed by atoms with van der Waals surface area (Å²) in [6.07, 6.45) is -0.923. The third-order valence-electron chi connectivity index (χ3n) is 3.24. The highest BCUT2D eigenvalue weighted by molar-refractivity contribution is 6.31. The van der Waals surface area contributed by atoms with E-state index >= 15 is 0 Å². The van der Waals surface area contributed by atoms with Crippen molar-refractivity contribution in [1.29, 1.82) is 0 Å². The highest BCUT2D eigenvalue weighted by Gasteiger charge is 2.13. The Balaban J connectivity index is 1.93. The first-order chi connectivity index (χ1) is 10.5. The second-order valence-electron chi connectivity index (χ2n) is 4.78. The number of hydrogen-bond acceptors (Lipinski definition) is 2. The van der Waals surface area contributed by atoms with Gasteiger partial charge in [0.25, 0.3) is 0 Å². The van der Waals surface area contributed by atoms with Crippen molar-refractivity contribution in [3.8, 4) is 0 Å². The number of hydrogen-bond donors (Lipinski definition) is 3. The molecule has 1 atom stereocenters. The maximum absolute atomic E-state index is 13.4. The monoisotopic (exact) mass is 322 g/mol. The highest BCUT2D eigenvalue weighted by atomic mass is 35.5. The van der Waals surface area contributed by atoms with Crippen LogP contribution in [0.2, 0.25) is 5.02 Å². The zero-order valence-electron chi connectivity index (χ0n) is 11.9. The van der Waals surface area contributed by atoms with Crippen molar-refractivity contribution < 1.29 is 14.3 Å². The molecule has 0 bridgehead atoms. The van der Waals surface area contributed by atoms with Crippen LogP contribution in [-0.4, -0.2) is 17.7 Å². The minimum atomic E-state index is -0.923. The van der Waals surface area contributed by atoms with Crippen LogP contribution in [0.5, 0.6) is 0 Å². The first-order valence-corrected chi connectivity index (χ1v) is 7.09. The van der Waals surface area contributed by atoms with E-state index in [9.17, 15) is 14.3 Å². The molecule has 2 amide bonds. The molecule has 0 heterocycles. The summed E-state index contributed by atoms with van der Waals surface area (Å²) >= 11 is 5.97. The zero-order chi connectivity index (χ0) is 16.1. The average molecular weight is 323 g/mol. The molecule has 0 aliphatic heterocycles. The van der Waals surface area contributed by atoms with Gasteiger partial charge in [-0.25, -0.2) is 9.18 Å². The van der Waals surface area contributed by atoms with Gasteiger partial charge in [-0.15, -0.1) is 0 Å². The Hall–Kier alpha value is -2.11. The largest absolute Gasteiger partial charge is 0.387 e. The third-order valence-corrected chi connectivity index (χ3v) is 3.58. The van der Waals surface area contributed by atoms with Gasteiger partial charge in [-0.05, 0) is 25.1 Å². The first kappa shape index (κ1) is 16.3. The number of rotatable bonds is 4. The Morgan fingerprint density at radius 1 is 1.27 bits per heavy atom. The fourth-order valence-electron chi connectivity index (χ4n) is 1.95. The molecule has 2 aromatic carbocycles. The Morgan fingerprint density at radius 3 is 2.73 bits per heavy atom. The van der Waals surface area contributed by atoms with Gasteiger partial charge < -0.3 is 15.7 Å². The molecule has 22 heavy (non-hydrogen) atoms. The van der Waals surface area contributed by atoms with Crippen molar-refractivity contribution in [2.45, 2.75) is 13.0 Å². The van der Waals surface area contributed by atoms with E-state index in [1.807, 2.05) is 0 Å². The lowest BCUT2D eigenvalue weighted by Gasteiger charge is -2.15. The molecule has 4 nitrogen and oxygen atoms in total. The van der Waals surface area contributed by atoms with Crippen molar-refractivity contribution >= 4 is 23.3 Å². The van der Waals surface area contributed by atoms with E-state index in [0.29, 0.717) is 21.8 Å². The molecule has 0 fully saturated rings. The number of urea groups is 1. The van der Waals surface area contributed by atoms with Crippen LogP contribution in [0, 0.1) is 12.7 Å². The number of carbonyl (C=O) groups excluding carboxylic acids is 1. The van der Waals surface area contributed by atoms with E-state index in [-0.39, 0.29) is 6.54 Å². The Bertz CT molecular complexity index is 679. The van der Waals surface area contributed by atoms with Crippen LogP contribution in [0.1, 0.15) is 17.2 Å². The molecule has 0 aromatic heterocycles. The molecule has 0 saturated heterocycles. The molecule has 6 heteroatoms. The normalized spacial score (nSPS) is 11.8. The quantitative estimate of drug-likeness (QED) is 0.804. The first-order valence-electron chi connectivity index (χ1n) is 6.71. The predicted octanol–water partition coefficient (Wildman–Crippen LogP) is 3.64. The fourth-order valence-corrected chi connectivity index (χ4v) is 2.22. The van der Waals surface area contributed by atoms with Crippen LogP contribution in [-0.2, 0) is 0 Å². The number of nitrogens with one attached hydrogen (secondary N) is 2. The summed E-state index contributed by atoms with van der Waals surface area (Å²) in [5, 5.41) is 15.5. The summed E-state index contributed by atoms with van der Waals surface area (Å²) in [5.74, 6) is -0.395. The van der Waals surface area contributed by atoms with Crippen molar-refractivity contribution in [2.75, 3.05) is 11.9 Å². The van der Waals surface area contributed by atoms with E-state index in [4.69, 9.17) is 11.6 Å². The average Bonchev–Trinajstić information content (AvgIpc) is 2.50. The van der Waals surface area contributed by atoms with Crippen molar-refractivity contribution in [2.24, 2.45) is 0 Å². The third kappa shape index (κ3) is 3.96. The van der Waals surface area contributed by atoms with Gasteiger partial charge in [0, 0.05) is 28.4 Å². The molecule has 1 unspecified atom stereocenters. The van der Waals surface area contributed by atoms with Crippen LogP contribution < -0.4 is 10.6 Å². The molecule has 116 valence electrons. The van der Waals surface area contributed by atoms with Gasteiger partial charge in [0.05, 0.1) is 6.10 Å². The number of carbonyl (C=O) groups is 1. The number of aliphatic hydroxyl groups excluding tert-OH is 1. The summed E-state index contributed by atoms with van der Waals surface area (Å²) < 4.78 is 13.4. The molecule has 2 rings (SSSR count). The maximum Gasteiger partial charge on any atom is 0.319 e. The molecule has 0 spiro atoms. The van der Waals surface area contributed by atoms with E-state index in [1.54, 1.807) is 37.3 Å². The van der Waals surface area contributed by atoms with E-state index < -0.39 is 18.0 Å². The molecule has 0 aliphatic rings. The van der Waals surface area contributed by atoms with Gasteiger partial charge in [-0.1, -0.05) is 35.9 Å². The zero-order valence-corrected chi connectivity index (χ0v) is 12.7. The molecule has 0 aliphatic carbocycles. The van der Waals surface area contributed by atoms with Gasteiger partial charge in [0.2, 0.25) is 0 Å². The Labute approximate surface area is 132 Å². The number of halogens is 2. The van der Waals surface area contributed by atoms with E-state index in [2.05, 4.69) is 10.6 Å². The molecular weight excluding hydrogens is 307 g/mol. The van der Waals surface area contributed by atoms with Crippen LogP contribution in [0.25, 0.3) is 0 Å². The summed E-state index contributed by atoms with van der Waals surface area (Å²) in [4.78, 5) is 11.8. The summed E-state index contributed by atoms with van der Waals surface area (Å²) in [7, 11) is 0. The van der Waals surface area contributed by atoms with Crippen LogP contribution in [0.4, 0.5) is 14.9 Å². The lowest BCUT2D eigenvalue weighted by Crippen LogP contribution is -2.32. The Kier molecular flexibility index (Phi) is 5.35. The van der Waals surface area contributed by atoms with Gasteiger partial charge in [-0.2, -0.15) is 0 Å².